The van der Waals surface area contributed by atoms with Crippen LogP contribution in [-0.2, 0) is 9.84 Å². The minimum absolute atomic E-state index is 0.0156. The predicted molar refractivity (Wildman–Crippen MR) is 89.2 cm³/mol. The van der Waals surface area contributed by atoms with Crippen LogP contribution in [-0.4, -0.2) is 45.8 Å². The maximum Gasteiger partial charge on any atom is 0.336 e. The number of carbonyl (C=O) groups is 1. The predicted octanol–water partition coefficient (Wildman–Crippen LogP) is 2.06. The number of carboxylic acids is 1. The molecule has 1 aliphatic heterocycles. The first-order valence-corrected chi connectivity index (χ1v) is 9.55. The van der Waals surface area contributed by atoms with Crippen LogP contribution in [0.4, 0.5) is 0 Å². The number of aromatic nitrogens is 3. The normalized spacial score (nSPS) is 19.5. The second-order valence-electron chi connectivity index (χ2n) is 6.12. The van der Waals surface area contributed by atoms with Crippen molar-refractivity contribution in [2.75, 3.05) is 11.5 Å². The summed E-state index contributed by atoms with van der Waals surface area (Å²) in [5.41, 5.74) is 1.32. The molecular formula is C16H15N3O5S. The number of nitrogens with zero attached hydrogens (tertiary/aromatic N) is 3. The molecule has 130 valence electrons. The maximum absolute atomic E-state index is 11.8. The van der Waals surface area contributed by atoms with Crippen molar-refractivity contribution in [1.29, 1.82) is 0 Å². The molecule has 4 rings (SSSR count). The van der Waals surface area contributed by atoms with E-state index in [9.17, 15) is 18.3 Å². The number of sulfone groups is 1. The maximum atomic E-state index is 11.8. The van der Waals surface area contributed by atoms with Gasteiger partial charge in [-0.15, -0.1) is 0 Å². The van der Waals surface area contributed by atoms with Crippen LogP contribution in [0.1, 0.15) is 28.5 Å². The highest BCUT2D eigenvalue weighted by molar-refractivity contribution is 7.91. The van der Waals surface area contributed by atoms with Crippen LogP contribution in [0.5, 0.6) is 0 Å². The molecule has 3 aromatic rings. The van der Waals surface area contributed by atoms with Gasteiger partial charge in [-0.25, -0.2) is 22.9 Å². The smallest absolute Gasteiger partial charge is 0.336 e. The molecule has 1 saturated heterocycles. The molecule has 0 amide bonds. The highest BCUT2D eigenvalue weighted by Gasteiger charge is 2.32. The Kier molecular flexibility index (Phi) is 3.43. The number of furan rings is 1. The quantitative estimate of drug-likeness (QED) is 0.759. The Morgan fingerprint density at radius 2 is 2.24 bits per heavy atom. The number of pyridine rings is 1. The van der Waals surface area contributed by atoms with E-state index in [1.807, 2.05) is 0 Å². The first-order valence-electron chi connectivity index (χ1n) is 7.73. The standard InChI is InChI=1S/C16H15N3O5S/c1-9-14-11(16(20)21)7-12(13-3-2-5-24-13)17-15(14)19(18-9)10-4-6-25(22,23)8-10/h2-3,5,7,10H,4,6,8H2,1H3,(H,20,21). The van der Waals surface area contributed by atoms with Crippen molar-refractivity contribution in [3.63, 3.8) is 0 Å². The highest BCUT2D eigenvalue weighted by atomic mass is 32.2. The van der Waals surface area contributed by atoms with Crippen molar-refractivity contribution in [1.82, 2.24) is 14.8 Å². The molecule has 0 radical (unpaired) electrons. The number of aromatic carboxylic acids is 1. The average Bonchev–Trinajstić information content (AvgIpc) is 3.26. The van der Waals surface area contributed by atoms with E-state index < -0.39 is 15.8 Å². The summed E-state index contributed by atoms with van der Waals surface area (Å²) in [4.78, 5) is 16.3. The lowest BCUT2D eigenvalue weighted by atomic mass is 10.1. The van der Waals surface area contributed by atoms with Crippen molar-refractivity contribution < 1.29 is 22.7 Å². The van der Waals surface area contributed by atoms with Crippen LogP contribution in [0.3, 0.4) is 0 Å². The molecule has 3 aromatic heterocycles. The Morgan fingerprint density at radius 1 is 1.44 bits per heavy atom. The fourth-order valence-electron chi connectivity index (χ4n) is 3.26. The molecular weight excluding hydrogens is 346 g/mol. The first-order chi connectivity index (χ1) is 11.9. The Hall–Kier alpha value is -2.68. The molecule has 0 saturated carbocycles. The molecule has 1 atom stereocenters. The summed E-state index contributed by atoms with van der Waals surface area (Å²) in [6, 6.07) is 4.48. The summed E-state index contributed by atoms with van der Waals surface area (Å²) >= 11 is 0. The lowest BCUT2D eigenvalue weighted by Gasteiger charge is -2.10. The topological polar surface area (TPSA) is 115 Å². The summed E-state index contributed by atoms with van der Waals surface area (Å²) in [6.07, 6.45) is 1.92. The molecule has 0 spiro atoms. The Bertz CT molecular complexity index is 1080. The van der Waals surface area contributed by atoms with Gasteiger partial charge in [0.05, 0.1) is 40.5 Å². The number of rotatable bonds is 3. The monoisotopic (exact) mass is 361 g/mol. The molecule has 1 N–H and O–H groups in total. The minimum Gasteiger partial charge on any atom is -0.478 e. The molecule has 4 heterocycles. The van der Waals surface area contributed by atoms with Crippen molar-refractivity contribution in [2.24, 2.45) is 0 Å². The molecule has 0 aromatic carbocycles. The van der Waals surface area contributed by atoms with E-state index in [2.05, 4.69) is 10.1 Å². The zero-order chi connectivity index (χ0) is 17.8. The summed E-state index contributed by atoms with van der Waals surface area (Å²) in [6.45, 7) is 1.70. The Morgan fingerprint density at radius 3 is 2.84 bits per heavy atom. The van der Waals surface area contributed by atoms with E-state index in [4.69, 9.17) is 4.42 Å². The largest absolute Gasteiger partial charge is 0.478 e. The summed E-state index contributed by atoms with van der Waals surface area (Å²) < 4.78 is 30.5. The van der Waals surface area contributed by atoms with Crippen LogP contribution in [0.2, 0.25) is 0 Å². The molecule has 8 nitrogen and oxygen atoms in total. The van der Waals surface area contributed by atoms with Gasteiger partial charge in [-0.1, -0.05) is 0 Å². The van der Waals surface area contributed by atoms with Crippen molar-refractivity contribution in [2.45, 2.75) is 19.4 Å². The van der Waals surface area contributed by atoms with E-state index in [0.29, 0.717) is 34.6 Å². The third-order valence-electron chi connectivity index (χ3n) is 4.40. The van der Waals surface area contributed by atoms with E-state index in [0.717, 1.165) is 0 Å². The number of hydrogen-bond acceptors (Lipinski definition) is 6. The van der Waals surface area contributed by atoms with Gasteiger partial charge in [0.2, 0.25) is 0 Å². The summed E-state index contributed by atoms with van der Waals surface area (Å²) in [7, 11) is -3.11. The molecule has 1 unspecified atom stereocenters. The van der Waals surface area contributed by atoms with E-state index >= 15 is 0 Å². The van der Waals surface area contributed by atoms with E-state index in [-0.39, 0.29) is 23.1 Å². The third kappa shape index (κ3) is 2.60. The molecule has 1 fully saturated rings. The van der Waals surface area contributed by atoms with Crippen LogP contribution in [0, 0.1) is 6.92 Å². The van der Waals surface area contributed by atoms with E-state index in [1.54, 1.807) is 23.7 Å². The number of hydrogen-bond donors (Lipinski definition) is 1. The van der Waals surface area contributed by atoms with Crippen LogP contribution in [0.15, 0.2) is 28.9 Å². The first kappa shape index (κ1) is 15.8. The van der Waals surface area contributed by atoms with Gasteiger partial charge in [0, 0.05) is 0 Å². The lowest BCUT2D eigenvalue weighted by Crippen LogP contribution is -2.13. The van der Waals surface area contributed by atoms with Gasteiger partial charge < -0.3 is 9.52 Å². The zero-order valence-corrected chi connectivity index (χ0v) is 14.2. The van der Waals surface area contributed by atoms with Crippen molar-refractivity contribution >= 4 is 26.8 Å². The van der Waals surface area contributed by atoms with Gasteiger partial charge >= 0.3 is 5.97 Å². The lowest BCUT2D eigenvalue weighted by molar-refractivity contribution is 0.0699. The van der Waals surface area contributed by atoms with Gasteiger partial charge in [-0.3, -0.25) is 0 Å². The van der Waals surface area contributed by atoms with Gasteiger partial charge in [0.25, 0.3) is 0 Å². The number of carboxylic acid groups (broad SMARTS) is 1. The highest BCUT2D eigenvalue weighted by Crippen LogP contribution is 2.32. The van der Waals surface area contributed by atoms with Crippen molar-refractivity contribution in [3.05, 3.63) is 35.7 Å². The van der Waals surface area contributed by atoms with Gasteiger partial charge in [-0.05, 0) is 31.5 Å². The summed E-state index contributed by atoms with van der Waals surface area (Å²) in [5.74, 6) is -0.573. The van der Waals surface area contributed by atoms with Gasteiger partial charge in [-0.2, -0.15) is 5.10 Å². The number of fused-ring (bicyclic) bond motifs is 1. The van der Waals surface area contributed by atoms with Gasteiger partial charge in [0.1, 0.15) is 5.69 Å². The second-order valence-corrected chi connectivity index (χ2v) is 8.35. The Balaban J connectivity index is 1.98. The third-order valence-corrected chi connectivity index (χ3v) is 6.15. The van der Waals surface area contributed by atoms with Crippen LogP contribution < -0.4 is 0 Å². The molecule has 1 aliphatic rings. The molecule has 25 heavy (non-hydrogen) atoms. The SMILES string of the molecule is Cc1nn(C2CCS(=O)(=O)C2)c2nc(-c3ccco3)cc(C(=O)O)c12. The molecule has 9 heteroatoms. The average molecular weight is 361 g/mol. The minimum atomic E-state index is -3.11. The fourth-order valence-corrected chi connectivity index (χ4v) is 4.95. The van der Waals surface area contributed by atoms with Crippen LogP contribution in [0.25, 0.3) is 22.5 Å². The Labute approximate surface area is 143 Å². The zero-order valence-electron chi connectivity index (χ0n) is 13.3. The molecule has 0 aliphatic carbocycles. The molecule has 0 bridgehead atoms. The van der Waals surface area contributed by atoms with Crippen LogP contribution >= 0.6 is 0 Å². The van der Waals surface area contributed by atoms with E-state index in [1.165, 1.54) is 12.3 Å². The van der Waals surface area contributed by atoms with Crippen molar-refractivity contribution in [3.8, 4) is 11.5 Å². The number of aryl methyl sites for hydroxylation is 1. The summed E-state index contributed by atoms with van der Waals surface area (Å²) in [5, 5.41) is 14.4. The fraction of sp³-hybridized carbons (Fsp3) is 0.312. The second kappa shape index (κ2) is 5.41. The van der Waals surface area contributed by atoms with Gasteiger partial charge in [0.15, 0.2) is 21.2 Å².